The topological polar surface area (TPSA) is 136 Å². The van der Waals surface area contributed by atoms with Gasteiger partial charge in [-0.15, -0.1) is 58.3 Å². The Bertz CT molecular complexity index is 7380. The Labute approximate surface area is 751 Å². The van der Waals surface area contributed by atoms with Gasteiger partial charge in [-0.05, 0) is 132 Å². The fraction of sp³-hybridized carbons (Fsp3) is 0.143. The van der Waals surface area contributed by atoms with Crippen molar-refractivity contribution in [2.45, 2.75) is 83.1 Å². The molecule has 618 valence electrons. The molecule has 5 heterocycles. The first-order valence-electron chi connectivity index (χ1n) is 41.4. The summed E-state index contributed by atoms with van der Waals surface area (Å²) in [6.07, 6.45) is 6.47. The zero-order valence-corrected chi connectivity index (χ0v) is 76.3. The molecule has 0 aliphatic rings. The van der Waals surface area contributed by atoms with Gasteiger partial charge in [0.05, 0.1) is 33.3 Å². The first-order valence-corrected chi connectivity index (χ1v) is 41.4. The Morgan fingerprint density at radius 2 is 0.734 bits per heavy atom. The van der Waals surface area contributed by atoms with Crippen LogP contribution in [0.4, 0.5) is 0 Å². The monoisotopic (exact) mass is 1970 g/mol. The van der Waals surface area contributed by atoms with E-state index >= 15 is 0 Å². The van der Waals surface area contributed by atoms with Crippen LogP contribution < -0.4 is 0 Å². The van der Waals surface area contributed by atoms with Crippen molar-refractivity contribution in [3.05, 3.63) is 376 Å². The Hall–Kier alpha value is -13.2. The minimum atomic E-state index is -0.417. The van der Waals surface area contributed by atoms with Gasteiger partial charge in [-0.3, -0.25) is 14.2 Å². The molecule has 20 aromatic rings. The number of hydrogen-bond acceptors (Lipinski definition) is 8. The predicted molar refractivity (Wildman–Crippen MR) is 510 cm³/mol. The summed E-state index contributed by atoms with van der Waals surface area (Å²) in [6, 6.07) is 122. The van der Waals surface area contributed by atoms with E-state index in [0.29, 0.717) is 5.95 Å². The first-order chi connectivity index (χ1) is 58.7. The van der Waals surface area contributed by atoms with Gasteiger partial charge in [0.2, 0.25) is 5.95 Å². The van der Waals surface area contributed by atoms with Crippen LogP contribution in [-0.2, 0) is 49.8 Å². The minimum Gasteiger partial charge on any atom is -0.512 e. The molecule has 0 spiro atoms. The molecule has 12 heteroatoms. The van der Waals surface area contributed by atoms with E-state index in [9.17, 15) is 19.8 Å². The van der Waals surface area contributed by atoms with Crippen LogP contribution in [-0.4, -0.2) is 50.8 Å². The zero-order chi connectivity index (χ0) is 85.2. The number of rotatable bonds is 8. The summed E-state index contributed by atoms with van der Waals surface area (Å²) in [5.41, 5.74) is 13.6. The maximum Gasteiger partial charge on any atom is 0.235 e. The van der Waals surface area contributed by atoms with Crippen molar-refractivity contribution in [2.75, 3.05) is 0 Å². The SMILES string of the molecule is CC(C)(C)C(=O)C=C(O)C(C)(C)C.CC(C)(C)C(=O)C=C(O)C(C)(C)C.[Ir].[Ir].[c-]1cc2ccccc2cc1-c1nccc2c1ccc1ccccc12.[c-]1ccc2ccccc2c1-c1nccc2c1ccc1ccccc12.c1ccc(-c2nc(-n3c4ccccc4c4cc(-c5ccc6c(c5)c5ccccc5n6-c5ccccc5)ccc43)nc3ccccc23)cc1. The average Bonchev–Trinajstić information content (AvgIpc) is 1.60. The van der Waals surface area contributed by atoms with Crippen molar-refractivity contribution in [3.8, 4) is 56.5 Å². The standard InChI is InChI=1S/C44H28N4.2C23H14N.2C11H20O2.2Ir/c1-3-13-29(14-4-1)43-35-19-7-10-20-38(35)45-44(46-43)48-40-22-12-9-18-34(40)37-28-31(24-26-42(37)48)30-23-25-41-36(27-30)33-17-8-11-21-39(33)47(41)32-15-5-2-6-16-32;1-4-10-19-16(6-1)8-5-11-21(19)23-22-13-12-17-7-2-3-9-18(17)20(22)14-15-24-23;1-2-7-18-15-19(10-9-16(18)5-1)23-22-12-11-17-6-3-4-8-20(17)21(22)13-14-24-23;2*1-10(2,3)8(12)7-9(13)11(4,5)6;;/h1-28H;1-10,12-15H;1-9,11-15H;2*7,12H,1-6H3;;/q;2*-1;;;;. The third-order valence-corrected chi connectivity index (χ3v) is 22.3. The van der Waals surface area contributed by atoms with Gasteiger partial charge in [0, 0.05) is 125 Å². The van der Waals surface area contributed by atoms with E-state index in [-0.39, 0.29) is 74.1 Å². The van der Waals surface area contributed by atoms with Crippen LogP contribution in [0.2, 0.25) is 0 Å². The molecular formula is C112H96Ir2N6O4-2. The van der Waals surface area contributed by atoms with E-state index in [1.807, 2.05) is 120 Å². The van der Waals surface area contributed by atoms with Crippen LogP contribution in [0.25, 0.3) is 176 Å². The zero-order valence-electron chi connectivity index (χ0n) is 71.5. The summed E-state index contributed by atoms with van der Waals surface area (Å²) in [5, 5.41) is 39.7. The number of carbonyl (C=O) groups is 2. The van der Waals surface area contributed by atoms with Gasteiger partial charge in [0.25, 0.3) is 0 Å². The number of pyridine rings is 2. The van der Waals surface area contributed by atoms with E-state index in [4.69, 9.17) is 15.0 Å². The van der Waals surface area contributed by atoms with Crippen molar-refractivity contribution in [3.63, 3.8) is 0 Å². The van der Waals surface area contributed by atoms with E-state index in [1.165, 1.54) is 120 Å². The van der Waals surface area contributed by atoms with Gasteiger partial charge < -0.3 is 24.7 Å². The van der Waals surface area contributed by atoms with Gasteiger partial charge in [-0.2, -0.15) is 0 Å². The molecule has 0 amide bonds. The summed E-state index contributed by atoms with van der Waals surface area (Å²) < 4.78 is 4.57. The number of allylic oxidation sites excluding steroid dienone is 4. The minimum absolute atomic E-state index is 0. The summed E-state index contributed by atoms with van der Waals surface area (Å²) in [5.74, 6) is 0.876. The third-order valence-electron chi connectivity index (χ3n) is 22.3. The van der Waals surface area contributed by atoms with Gasteiger partial charge >= 0.3 is 0 Å². The van der Waals surface area contributed by atoms with E-state index in [2.05, 4.69) is 330 Å². The van der Waals surface area contributed by atoms with Crippen molar-refractivity contribution in [1.29, 1.82) is 0 Å². The van der Waals surface area contributed by atoms with E-state index < -0.39 is 10.8 Å². The summed E-state index contributed by atoms with van der Waals surface area (Å²) in [7, 11) is 0. The largest absolute Gasteiger partial charge is 0.512 e. The molecule has 0 aliphatic carbocycles. The van der Waals surface area contributed by atoms with Crippen LogP contribution in [0.5, 0.6) is 0 Å². The Balaban J connectivity index is 0.000000139. The van der Waals surface area contributed by atoms with Gasteiger partial charge in [0.15, 0.2) is 11.6 Å². The normalized spacial score (nSPS) is 12.0. The molecule has 0 atom stereocenters. The van der Waals surface area contributed by atoms with Crippen LogP contribution >= 0.6 is 0 Å². The second kappa shape index (κ2) is 36.5. The van der Waals surface area contributed by atoms with Crippen LogP contribution in [0, 0.1) is 33.8 Å². The predicted octanol–water partition coefficient (Wildman–Crippen LogP) is 29.3. The van der Waals surface area contributed by atoms with Crippen LogP contribution in [0.15, 0.2) is 364 Å². The molecule has 0 saturated heterocycles. The number of carbonyl (C=O) groups excluding carboxylic acids is 2. The fourth-order valence-electron chi connectivity index (χ4n) is 15.4. The average molecular weight is 1970 g/mol. The van der Waals surface area contributed by atoms with E-state index in [0.717, 1.165) is 61.4 Å². The van der Waals surface area contributed by atoms with E-state index in [1.54, 1.807) is 0 Å². The number of ketones is 2. The third kappa shape index (κ3) is 18.3. The van der Waals surface area contributed by atoms with Gasteiger partial charge in [-0.25, -0.2) is 9.97 Å². The number of aliphatic hydroxyl groups is 2. The Morgan fingerprint density at radius 3 is 1.27 bits per heavy atom. The van der Waals surface area contributed by atoms with Crippen LogP contribution in [0.3, 0.4) is 0 Å². The molecule has 124 heavy (non-hydrogen) atoms. The molecule has 2 radical (unpaired) electrons. The molecule has 0 unspecified atom stereocenters. The molecule has 0 saturated carbocycles. The van der Waals surface area contributed by atoms with Gasteiger partial charge in [-0.1, -0.05) is 330 Å². The van der Waals surface area contributed by atoms with Crippen molar-refractivity contribution in [1.82, 2.24) is 29.1 Å². The quantitative estimate of drug-likeness (QED) is 0.0664. The second-order valence-electron chi connectivity index (χ2n) is 35.0. The Kier molecular flexibility index (Phi) is 25.6. The molecule has 5 aromatic heterocycles. The molecule has 20 rings (SSSR count). The smallest absolute Gasteiger partial charge is 0.235 e. The van der Waals surface area contributed by atoms with Crippen molar-refractivity contribution >= 4 is 131 Å². The number of nitrogens with zero attached hydrogens (tertiary/aromatic N) is 6. The molecular weight excluding hydrogens is 1880 g/mol. The Morgan fingerprint density at radius 1 is 0.315 bits per heavy atom. The number of hydrogen-bond donors (Lipinski definition) is 2. The van der Waals surface area contributed by atoms with Crippen molar-refractivity contribution < 1.29 is 60.0 Å². The number of aromatic nitrogens is 6. The molecule has 0 bridgehead atoms. The summed E-state index contributed by atoms with van der Waals surface area (Å²) >= 11 is 0. The maximum atomic E-state index is 11.5. The molecule has 15 aromatic carbocycles. The first kappa shape index (κ1) is 87.2. The molecule has 0 aliphatic heterocycles. The summed E-state index contributed by atoms with van der Waals surface area (Å²) in [4.78, 5) is 42.7. The summed E-state index contributed by atoms with van der Waals surface area (Å²) in [6.45, 7) is 22.2. The van der Waals surface area contributed by atoms with Gasteiger partial charge in [0.1, 0.15) is 11.5 Å². The number of para-hydroxylation sites is 4. The van der Waals surface area contributed by atoms with Crippen LogP contribution in [0.1, 0.15) is 83.1 Å². The second-order valence-corrected chi connectivity index (χ2v) is 35.0. The maximum absolute atomic E-state index is 11.5. The number of benzene rings is 15. The molecule has 2 N–H and O–H groups in total. The molecule has 0 fully saturated rings. The molecule has 10 nitrogen and oxygen atoms in total. The number of fused-ring (bicyclic) bond motifs is 15. The number of aliphatic hydroxyl groups excluding tert-OH is 2. The van der Waals surface area contributed by atoms with Crippen molar-refractivity contribution in [2.24, 2.45) is 21.7 Å². The fourth-order valence-corrected chi connectivity index (χ4v) is 15.4.